The third kappa shape index (κ3) is 66.8. The molecule has 0 N–H and O–H groups in total. The zero-order valence-electron chi connectivity index (χ0n) is 53.3. The van der Waals surface area contributed by atoms with E-state index >= 15 is 0 Å². The van der Waals surface area contributed by atoms with Gasteiger partial charge in [-0.1, -0.05) is 310 Å². The monoisotopic (exact) mass is 1120 g/mol. The van der Waals surface area contributed by atoms with Gasteiger partial charge in [-0.2, -0.15) is 0 Å². The molecule has 0 aliphatic heterocycles. The number of ether oxygens (including phenoxy) is 3. The summed E-state index contributed by atoms with van der Waals surface area (Å²) in [5.74, 6) is -0.901. The average Bonchev–Trinajstić information content (AvgIpc) is 3.46. The van der Waals surface area contributed by atoms with Crippen LogP contribution in [0.1, 0.15) is 329 Å². The lowest BCUT2D eigenvalue weighted by atomic mass is 10.0. The second-order valence-electron chi connectivity index (χ2n) is 22.7. The standard InChI is InChI=1S/C75H128O6/c1-4-7-10-13-16-19-22-25-27-29-31-33-34-35-36-37-38-39-40-42-43-45-47-50-53-56-59-62-65-68-74(77)80-71-72(70-79-73(76)67-64-61-58-55-52-49-24-21-18-15-12-9-6-3)81-75(78)69-66-63-60-57-54-51-48-46-44-41-32-30-28-26-23-20-17-14-11-8-5-2/h7,10,16,19,25,27,30-33,35-36,38-39,42-43,47,50,72H,4-6,8-9,11-15,17-18,20-24,26,28-29,34,37,40-41,44-46,48-49,51-71H2,1-3H3/b10-7-,19-16-,27-25-,32-30-,33-31-,36-35-,39-38-,43-42-,50-47-. The van der Waals surface area contributed by atoms with Crippen LogP contribution < -0.4 is 0 Å². The number of hydrogen-bond acceptors (Lipinski definition) is 6. The van der Waals surface area contributed by atoms with Crippen LogP contribution in [0.5, 0.6) is 0 Å². The molecule has 0 amide bonds. The van der Waals surface area contributed by atoms with Crippen LogP contribution in [-0.2, 0) is 28.6 Å². The van der Waals surface area contributed by atoms with E-state index in [4.69, 9.17) is 14.2 Å². The summed E-state index contributed by atoms with van der Waals surface area (Å²) < 4.78 is 16.9. The highest BCUT2D eigenvalue weighted by Crippen LogP contribution is 2.16. The van der Waals surface area contributed by atoms with Gasteiger partial charge in [-0.3, -0.25) is 14.4 Å². The SMILES string of the molecule is CC/C=C\C/C=C\C/C=C\C/C=C\C/C=C\C/C=C\C/C=C\C/C=C\CCCCCCC(=O)OCC(COC(=O)CCCCCCCCCCCCCCC)OC(=O)CCCCCCCCCCC/C=C\CCCCCCCCCC. The molecular weight excluding hydrogens is 997 g/mol. The first-order valence-corrected chi connectivity index (χ1v) is 34.4. The molecule has 0 aliphatic carbocycles. The minimum atomic E-state index is -0.791. The van der Waals surface area contributed by atoms with Crippen LogP contribution in [-0.4, -0.2) is 37.2 Å². The molecule has 1 atom stereocenters. The fraction of sp³-hybridized carbons (Fsp3) is 0.720. The first kappa shape index (κ1) is 77.1. The quantitative estimate of drug-likeness (QED) is 0.0261. The number of carbonyl (C=O) groups is 3. The van der Waals surface area contributed by atoms with E-state index in [1.54, 1.807) is 0 Å². The number of allylic oxidation sites excluding steroid dienone is 18. The van der Waals surface area contributed by atoms with Crippen molar-refractivity contribution in [1.29, 1.82) is 0 Å². The van der Waals surface area contributed by atoms with E-state index in [0.717, 1.165) is 122 Å². The van der Waals surface area contributed by atoms with Crippen LogP contribution in [0.3, 0.4) is 0 Å². The Bertz CT molecular complexity index is 1620. The van der Waals surface area contributed by atoms with Crippen molar-refractivity contribution in [2.24, 2.45) is 0 Å². The Hall–Kier alpha value is -3.93. The summed E-state index contributed by atoms with van der Waals surface area (Å²) >= 11 is 0. The third-order valence-electron chi connectivity index (χ3n) is 14.8. The number of hydrogen-bond donors (Lipinski definition) is 0. The Morgan fingerprint density at radius 2 is 0.481 bits per heavy atom. The smallest absolute Gasteiger partial charge is 0.306 e. The van der Waals surface area contributed by atoms with Gasteiger partial charge in [0.1, 0.15) is 13.2 Å². The molecule has 0 saturated heterocycles. The molecule has 6 nitrogen and oxygen atoms in total. The third-order valence-corrected chi connectivity index (χ3v) is 14.8. The molecule has 0 radical (unpaired) electrons. The summed E-state index contributed by atoms with van der Waals surface area (Å²) in [6, 6.07) is 0. The number of unbranched alkanes of at least 4 members (excludes halogenated alkanes) is 33. The van der Waals surface area contributed by atoms with E-state index in [0.29, 0.717) is 19.3 Å². The van der Waals surface area contributed by atoms with E-state index in [1.165, 1.54) is 167 Å². The van der Waals surface area contributed by atoms with Crippen molar-refractivity contribution in [1.82, 2.24) is 0 Å². The lowest BCUT2D eigenvalue weighted by Crippen LogP contribution is -2.30. The maximum absolute atomic E-state index is 12.9. The van der Waals surface area contributed by atoms with Crippen LogP contribution in [0.4, 0.5) is 0 Å². The number of carbonyl (C=O) groups excluding carboxylic acids is 3. The lowest BCUT2D eigenvalue weighted by molar-refractivity contribution is -0.167. The predicted octanol–water partition coefficient (Wildman–Crippen LogP) is 23.8. The van der Waals surface area contributed by atoms with Crippen molar-refractivity contribution in [2.45, 2.75) is 335 Å². The van der Waals surface area contributed by atoms with Crippen LogP contribution in [0.2, 0.25) is 0 Å². The van der Waals surface area contributed by atoms with Gasteiger partial charge in [-0.15, -0.1) is 0 Å². The summed E-state index contributed by atoms with van der Waals surface area (Å²) in [7, 11) is 0. The Labute approximate surface area is 501 Å². The first-order valence-electron chi connectivity index (χ1n) is 34.4. The van der Waals surface area contributed by atoms with Gasteiger partial charge < -0.3 is 14.2 Å². The summed E-state index contributed by atoms with van der Waals surface area (Å²) in [6.07, 6.45) is 93.9. The molecule has 0 rings (SSSR count). The van der Waals surface area contributed by atoms with Gasteiger partial charge in [-0.25, -0.2) is 0 Å². The van der Waals surface area contributed by atoms with Gasteiger partial charge in [0.25, 0.3) is 0 Å². The second kappa shape index (κ2) is 68.6. The van der Waals surface area contributed by atoms with E-state index in [9.17, 15) is 14.4 Å². The van der Waals surface area contributed by atoms with Crippen LogP contribution in [0, 0.1) is 0 Å². The van der Waals surface area contributed by atoms with Gasteiger partial charge in [0.15, 0.2) is 6.10 Å². The first-order chi connectivity index (χ1) is 40.0. The lowest BCUT2D eigenvalue weighted by Gasteiger charge is -2.18. The zero-order valence-corrected chi connectivity index (χ0v) is 53.3. The van der Waals surface area contributed by atoms with E-state index in [2.05, 4.69) is 130 Å². The molecule has 6 heteroatoms. The van der Waals surface area contributed by atoms with Crippen molar-refractivity contribution >= 4 is 17.9 Å². The Balaban J connectivity index is 4.37. The average molecular weight is 1130 g/mol. The van der Waals surface area contributed by atoms with Gasteiger partial charge >= 0.3 is 17.9 Å². The van der Waals surface area contributed by atoms with Crippen LogP contribution in [0.25, 0.3) is 0 Å². The fourth-order valence-electron chi connectivity index (χ4n) is 9.63. The second-order valence-corrected chi connectivity index (χ2v) is 22.7. The molecule has 1 unspecified atom stereocenters. The van der Waals surface area contributed by atoms with E-state index < -0.39 is 6.10 Å². The predicted molar refractivity (Wildman–Crippen MR) is 353 cm³/mol. The number of esters is 3. The van der Waals surface area contributed by atoms with Gasteiger partial charge in [0, 0.05) is 19.3 Å². The van der Waals surface area contributed by atoms with Gasteiger partial charge in [0.2, 0.25) is 0 Å². The van der Waals surface area contributed by atoms with Crippen molar-refractivity contribution in [3.05, 3.63) is 109 Å². The Morgan fingerprint density at radius 3 is 0.765 bits per heavy atom. The van der Waals surface area contributed by atoms with Crippen molar-refractivity contribution in [3.8, 4) is 0 Å². The maximum atomic E-state index is 12.9. The molecule has 0 fully saturated rings. The number of rotatable bonds is 62. The van der Waals surface area contributed by atoms with Gasteiger partial charge in [0.05, 0.1) is 0 Å². The highest BCUT2D eigenvalue weighted by atomic mass is 16.6. The van der Waals surface area contributed by atoms with Crippen LogP contribution in [0.15, 0.2) is 109 Å². The fourth-order valence-corrected chi connectivity index (χ4v) is 9.63. The van der Waals surface area contributed by atoms with Crippen molar-refractivity contribution in [2.75, 3.05) is 13.2 Å². The highest BCUT2D eigenvalue weighted by molar-refractivity contribution is 5.71. The molecular formula is C75H128O6. The molecule has 0 aromatic rings. The van der Waals surface area contributed by atoms with Crippen molar-refractivity contribution in [3.63, 3.8) is 0 Å². The molecule has 0 saturated carbocycles. The molecule has 464 valence electrons. The van der Waals surface area contributed by atoms with E-state index in [-0.39, 0.29) is 31.1 Å². The van der Waals surface area contributed by atoms with Crippen molar-refractivity contribution < 1.29 is 28.6 Å². The van der Waals surface area contributed by atoms with E-state index in [1.807, 2.05) is 0 Å². The zero-order chi connectivity index (χ0) is 58.5. The summed E-state index contributed by atoms with van der Waals surface area (Å²) in [6.45, 7) is 6.54. The summed E-state index contributed by atoms with van der Waals surface area (Å²) in [5, 5.41) is 0. The topological polar surface area (TPSA) is 78.9 Å². The normalized spacial score (nSPS) is 12.8. The Kier molecular flexibility index (Phi) is 65.2. The summed E-state index contributed by atoms with van der Waals surface area (Å²) in [5.41, 5.74) is 0. The highest BCUT2D eigenvalue weighted by Gasteiger charge is 2.19. The van der Waals surface area contributed by atoms with Crippen LogP contribution >= 0.6 is 0 Å². The molecule has 0 aliphatic rings. The maximum Gasteiger partial charge on any atom is 0.306 e. The Morgan fingerprint density at radius 1 is 0.259 bits per heavy atom. The molecule has 0 bridgehead atoms. The molecule has 0 heterocycles. The molecule has 0 spiro atoms. The molecule has 0 aromatic heterocycles. The minimum absolute atomic E-state index is 0.0846. The summed E-state index contributed by atoms with van der Waals surface area (Å²) in [4.78, 5) is 38.4. The minimum Gasteiger partial charge on any atom is -0.462 e. The molecule has 81 heavy (non-hydrogen) atoms. The van der Waals surface area contributed by atoms with Gasteiger partial charge in [-0.05, 0) is 109 Å². The largest absolute Gasteiger partial charge is 0.462 e. The molecule has 0 aromatic carbocycles.